The van der Waals surface area contributed by atoms with Crippen LogP contribution in [0.5, 0.6) is 5.75 Å². The standard InChI is InChI=1S/C21H25NO5S/c1-16(23)26-14-12-24-10-11-25-13-15-27-18-8-6-17(7-9-18)21-22-19-4-2-3-5-20(19)28-21/h2-9,16,23H,10-15H2,1H3. The van der Waals surface area contributed by atoms with E-state index in [9.17, 15) is 0 Å². The molecule has 3 rings (SSSR count). The van der Waals surface area contributed by atoms with E-state index in [0.29, 0.717) is 39.6 Å². The first-order chi connectivity index (χ1) is 13.7. The Morgan fingerprint density at radius 2 is 1.57 bits per heavy atom. The van der Waals surface area contributed by atoms with Crippen LogP contribution in [0.2, 0.25) is 0 Å². The van der Waals surface area contributed by atoms with Gasteiger partial charge in [-0.05, 0) is 43.3 Å². The molecule has 1 aromatic heterocycles. The molecule has 0 fully saturated rings. The molecule has 0 saturated heterocycles. The molecule has 1 unspecified atom stereocenters. The Balaban J connectivity index is 1.32. The van der Waals surface area contributed by atoms with Crippen LogP contribution < -0.4 is 4.74 Å². The molecule has 0 amide bonds. The van der Waals surface area contributed by atoms with Crippen molar-refractivity contribution in [2.24, 2.45) is 0 Å². The summed E-state index contributed by atoms with van der Waals surface area (Å²) in [5.74, 6) is 0.806. The monoisotopic (exact) mass is 403 g/mol. The molecule has 28 heavy (non-hydrogen) atoms. The SMILES string of the molecule is CC(O)OCCOCCOCCOc1ccc(-c2nc3ccccc3s2)cc1. The lowest BCUT2D eigenvalue weighted by molar-refractivity contribution is -0.101. The number of thiazole rings is 1. The first kappa shape index (κ1) is 20.7. The van der Waals surface area contributed by atoms with Gasteiger partial charge in [0.2, 0.25) is 0 Å². The van der Waals surface area contributed by atoms with Gasteiger partial charge in [0.1, 0.15) is 17.4 Å². The van der Waals surface area contributed by atoms with Crippen LogP contribution in [0.25, 0.3) is 20.8 Å². The molecule has 3 aromatic rings. The summed E-state index contributed by atoms with van der Waals surface area (Å²) in [7, 11) is 0. The number of aliphatic hydroxyl groups is 1. The fourth-order valence-corrected chi connectivity index (χ4v) is 3.48. The zero-order valence-corrected chi connectivity index (χ0v) is 16.7. The third-order valence-corrected chi connectivity index (χ3v) is 4.94. The van der Waals surface area contributed by atoms with Crippen molar-refractivity contribution in [2.45, 2.75) is 13.2 Å². The Bertz CT molecular complexity index is 801. The van der Waals surface area contributed by atoms with Crippen LogP contribution in [0.1, 0.15) is 6.92 Å². The van der Waals surface area contributed by atoms with Crippen molar-refractivity contribution in [3.8, 4) is 16.3 Å². The second kappa shape index (κ2) is 11.1. The highest BCUT2D eigenvalue weighted by Crippen LogP contribution is 2.30. The average Bonchev–Trinajstić information content (AvgIpc) is 3.14. The Hall–Kier alpha value is -2.03. The maximum absolute atomic E-state index is 8.93. The van der Waals surface area contributed by atoms with Gasteiger partial charge in [0.05, 0.1) is 43.3 Å². The quantitative estimate of drug-likeness (QED) is 0.367. The number of hydrogen-bond donors (Lipinski definition) is 1. The maximum atomic E-state index is 8.93. The van der Waals surface area contributed by atoms with E-state index in [1.54, 1.807) is 18.3 Å². The number of para-hydroxylation sites is 1. The van der Waals surface area contributed by atoms with Gasteiger partial charge >= 0.3 is 0 Å². The van der Waals surface area contributed by atoms with Crippen LogP contribution >= 0.6 is 11.3 Å². The summed E-state index contributed by atoms with van der Waals surface area (Å²) >= 11 is 1.69. The normalized spacial score (nSPS) is 12.4. The average molecular weight is 404 g/mol. The van der Waals surface area contributed by atoms with E-state index in [0.717, 1.165) is 21.8 Å². The molecular weight excluding hydrogens is 378 g/mol. The predicted octanol–water partition coefficient (Wildman–Crippen LogP) is 3.73. The van der Waals surface area contributed by atoms with E-state index in [4.69, 9.17) is 24.1 Å². The van der Waals surface area contributed by atoms with Gasteiger partial charge in [-0.25, -0.2) is 4.98 Å². The Morgan fingerprint density at radius 1 is 0.893 bits per heavy atom. The van der Waals surface area contributed by atoms with Gasteiger partial charge in [0.15, 0.2) is 6.29 Å². The minimum atomic E-state index is -0.757. The molecule has 7 heteroatoms. The molecule has 0 aliphatic rings. The Kier molecular flexibility index (Phi) is 8.20. The smallest absolute Gasteiger partial charge is 0.151 e. The van der Waals surface area contributed by atoms with Crippen LogP contribution in [-0.2, 0) is 14.2 Å². The summed E-state index contributed by atoms with van der Waals surface area (Å²) in [6.07, 6.45) is -0.757. The zero-order valence-electron chi connectivity index (χ0n) is 15.9. The molecule has 6 nitrogen and oxygen atoms in total. The summed E-state index contributed by atoms with van der Waals surface area (Å²) in [5, 5.41) is 9.94. The molecule has 150 valence electrons. The van der Waals surface area contributed by atoms with E-state index in [-0.39, 0.29) is 0 Å². The number of rotatable bonds is 12. The van der Waals surface area contributed by atoms with Gasteiger partial charge < -0.3 is 24.1 Å². The van der Waals surface area contributed by atoms with Gasteiger partial charge in [-0.15, -0.1) is 11.3 Å². The number of aromatic nitrogens is 1. The first-order valence-electron chi connectivity index (χ1n) is 9.26. The van der Waals surface area contributed by atoms with Crippen LogP contribution in [0.4, 0.5) is 0 Å². The van der Waals surface area contributed by atoms with Crippen molar-refractivity contribution in [1.82, 2.24) is 4.98 Å². The minimum Gasteiger partial charge on any atom is -0.491 e. The summed E-state index contributed by atoms with van der Waals surface area (Å²) in [5.41, 5.74) is 2.11. The molecule has 0 aliphatic carbocycles. The van der Waals surface area contributed by atoms with Crippen LogP contribution in [0.3, 0.4) is 0 Å². The summed E-state index contributed by atoms with van der Waals surface area (Å²) in [6, 6.07) is 16.1. The number of hydrogen-bond acceptors (Lipinski definition) is 7. The summed E-state index contributed by atoms with van der Waals surface area (Å²) in [4.78, 5) is 4.67. The van der Waals surface area contributed by atoms with Crippen LogP contribution in [-0.4, -0.2) is 56.0 Å². The Morgan fingerprint density at radius 3 is 2.29 bits per heavy atom. The lowest BCUT2D eigenvalue weighted by atomic mass is 10.2. The third-order valence-electron chi connectivity index (χ3n) is 3.85. The number of fused-ring (bicyclic) bond motifs is 1. The second-order valence-electron chi connectivity index (χ2n) is 6.05. The van der Waals surface area contributed by atoms with E-state index >= 15 is 0 Å². The van der Waals surface area contributed by atoms with Crippen molar-refractivity contribution in [2.75, 3.05) is 39.6 Å². The van der Waals surface area contributed by atoms with Crippen molar-refractivity contribution >= 4 is 21.6 Å². The molecule has 0 radical (unpaired) electrons. The Labute approximate surface area is 168 Å². The van der Waals surface area contributed by atoms with Crippen molar-refractivity contribution < 1.29 is 24.1 Å². The number of aliphatic hydroxyl groups excluding tert-OH is 1. The molecule has 2 aromatic carbocycles. The van der Waals surface area contributed by atoms with E-state index < -0.39 is 6.29 Å². The van der Waals surface area contributed by atoms with Crippen LogP contribution in [0.15, 0.2) is 48.5 Å². The zero-order chi connectivity index (χ0) is 19.6. The van der Waals surface area contributed by atoms with Crippen molar-refractivity contribution in [3.63, 3.8) is 0 Å². The van der Waals surface area contributed by atoms with Gasteiger partial charge in [0.25, 0.3) is 0 Å². The topological polar surface area (TPSA) is 70.0 Å². The van der Waals surface area contributed by atoms with Gasteiger partial charge in [-0.1, -0.05) is 12.1 Å². The van der Waals surface area contributed by atoms with Crippen molar-refractivity contribution in [1.29, 1.82) is 0 Å². The number of nitrogens with zero attached hydrogens (tertiary/aromatic N) is 1. The molecular formula is C21H25NO5S. The van der Waals surface area contributed by atoms with Gasteiger partial charge in [0, 0.05) is 5.56 Å². The summed E-state index contributed by atoms with van der Waals surface area (Å²) in [6.45, 7) is 4.32. The number of benzene rings is 2. The van der Waals surface area contributed by atoms with E-state index in [2.05, 4.69) is 11.1 Å². The molecule has 1 heterocycles. The first-order valence-corrected chi connectivity index (χ1v) is 10.1. The van der Waals surface area contributed by atoms with Crippen LogP contribution in [0, 0.1) is 0 Å². The molecule has 1 atom stereocenters. The fourth-order valence-electron chi connectivity index (χ4n) is 2.51. The largest absolute Gasteiger partial charge is 0.491 e. The van der Waals surface area contributed by atoms with Crippen molar-refractivity contribution in [3.05, 3.63) is 48.5 Å². The molecule has 0 aliphatic heterocycles. The van der Waals surface area contributed by atoms with Gasteiger partial charge in [-0.3, -0.25) is 0 Å². The molecule has 1 N–H and O–H groups in total. The predicted molar refractivity (Wildman–Crippen MR) is 110 cm³/mol. The molecule has 0 spiro atoms. The van der Waals surface area contributed by atoms with E-state index in [1.807, 2.05) is 42.5 Å². The third kappa shape index (κ3) is 6.54. The summed E-state index contributed by atoms with van der Waals surface area (Å²) < 4.78 is 22.6. The molecule has 0 saturated carbocycles. The highest BCUT2D eigenvalue weighted by atomic mass is 32.1. The van der Waals surface area contributed by atoms with E-state index in [1.165, 1.54) is 4.70 Å². The fraction of sp³-hybridized carbons (Fsp3) is 0.381. The van der Waals surface area contributed by atoms with Gasteiger partial charge in [-0.2, -0.15) is 0 Å². The lowest BCUT2D eigenvalue weighted by Crippen LogP contribution is -2.15. The second-order valence-corrected chi connectivity index (χ2v) is 7.09. The highest BCUT2D eigenvalue weighted by molar-refractivity contribution is 7.21. The minimum absolute atomic E-state index is 0.369. The highest BCUT2D eigenvalue weighted by Gasteiger charge is 2.06. The lowest BCUT2D eigenvalue weighted by Gasteiger charge is -2.09. The number of ether oxygens (including phenoxy) is 4. The molecule has 0 bridgehead atoms. The maximum Gasteiger partial charge on any atom is 0.151 e.